The molecule has 5 rings (SSSR count). The number of benzene rings is 2. The number of fused-ring (bicyclic) bond motifs is 2. The number of hydrogen-bond donors (Lipinski definition) is 2. The molecule has 1 aromatic heterocycles. The van der Waals surface area contributed by atoms with Crippen LogP contribution in [0.4, 0.5) is 16.3 Å². The molecule has 8 nitrogen and oxygen atoms in total. The maximum Gasteiger partial charge on any atom is 0.320 e. The van der Waals surface area contributed by atoms with Gasteiger partial charge in [0.05, 0.1) is 18.2 Å². The van der Waals surface area contributed by atoms with Gasteiger partial charge in [-0.05, 0) is 61.3 Å². The van der Waals surface area contributed by atoms with E-state index in [2.05, 4.69) is 39.1 Å². The Morgan fingerprint density at radius 2 is 1.97 bits per heavy atom. The van der Waals surface area contributed by atoms with E-state index in [1.807, 2.05) is 12.1 Å². The van der Waals surface area contributed by atoms with Gasteiger partial charge in [-0.25, -0.2) is 4.79 Å². The molecule has 0 spiro atoms. The summed E-state index contributed by atoms with van der Waals surface area (Å²) in [4.78, 5) is 21.9. The van der Waals surface area contributed by atoms with Crippen molar-refractivity contribution in [1.29, 1.82) is 5.26 Å². The van der Waals surface area contributed by atoms with Crippen LogP contribution in [0.1, 0.15) is 24.0 Å². The summed E-state index contributed by atoms with van der Waals surface area (Å²) in [6, 6.07) is 15.6. The number of nitrogens with zero attached hydrogens (tertiary/aromatic N) is 4. The van der Waals surface area contributed by atoms with Gasteiger partial charge >= 0.3 is 6.03 Å². The highest BCUT2D eigenvalue weighted by molar-refractivity contribution is 5.94. The Bertz CT molecular complexity index is 1220. The van der Waals surface area contributed by atoms with Gasteiger partial charge < -0.3 is 20.4 Å². The van der Waals surface area contributed by atoms with Gasteiger partial charge in [0.25, 0.3) is 0 Å². The number of hydrogen-bond acceptors (Lipinski definition) is 5. The summed E-state index contributed by atoms with van der Waals surface area (Å²) in [5.41, 5.74) is 9.69. The van der Waals surface area contributed by atoms with E-state index in [0.29, 0.717) is 17.9 Å². The fourth-order valence-corrected chi connectivity index (χ4v) is 4.88. The molecule has 0 unspecified atom stereocenters. The molecule has 1 saturated heterocycles. The van der Waals surface area contributed by atoms with E-state index in [1.54, 1.807) is 17.0 Å². The molecule has 0 radical (unpaired) electrons. The highest BCUT2D eigenvalue weighted by atomic mass is 16.5. The molecular weight excluding hydrogens is 428 g/mol. The van der Waals surface area contributed by atoms with Crippen LogP contribution in [0.5, 0.6) is 5.75 Å². The van der Waals surface area contributed by atoms with Gasteiger partial charge in [0, 0.05) is 55.7 Å². The molecule has 0 saturated carbocycles. The third kappa shape index (κ3) is 4.66. The van der Waals surface area contributed by atoms with Crippen molar-refractivity contribution >= 4 is 28.4 Å². The topological polar surface area (TPSA) is 102 Å². The number of aromatic nitrogens is 1. The third-order valence-electron chi connectivity index (χ3n) is 6.81. The molecule has 2 aliphatic heterocycles. The normalized spacial score (nSPS) is 15.7. The molecule has 1 fully saturated rings. The molecule has 2 amide bonds. The van der Waals surface area contributed by atoms with Crippen LogP contribution in [-0.2, 0) is 6.42 Å². The van der Waals surface area contributed by atoms with E-state index < -0.39 is 6.03 Å². The van der Waals surface area contributed by atoms with E-state index in [-0.39, 0.29) is 0 Å². The zero-order valence-corrected chi connectivity index (χ0v) is 19.3. The summed E-state index contributed by atoms with van der Waals surface area (Å²) in [6.45, 7) is 6.48. The largest absolute Gasteiger partial charge is 0.493 e. The van der Waals surface area contributed by atoms with Crippen molar-refractivity contribution in [1.82, 2.24) is 9.88 Å². The fourth-order valence-electron chi connectivity index (χ4n) is 4.88. The van der Waals surface area contributed by atoms with E-state index in [4.69, 9.17) is 15.7 Å². The molecular formula is C26H30N6O2. The first-order valence-electron chi connectivity index (χ1n) is 11.9. The van der Waals surface area contributed by atoms with Crippen LogP contribution in [0.15, 0.2) is 42.5 Å². The number of amides is 2. The highest BCUT2D eigenvalue weighted by Gasteiger charge is 2.20. The van der Waals surface area contributed by atoms with Crippen LogP contribution in [0.25, 0.3) is 10.9 Å². The lowest BCUT2D eigenvalue weighted by Crippen LogP contribution is -2.46. The zero-order chi connectivity index (χ0) is 23.5. The minimum absolute atomic E-state index is 0.472. The Labute approximate surface area is 199 Å². The number of carbonyl (C=O) groups excluding carboxylic acids is 1. The van der Waals surface area contributed by atoms with Crippen LogP contribution >= 0.6 is 0 Å². The SMILES string of the molecule is N#Cc1ccc2cc(N(CCCCN3CCN(c4ccc5c(c4)CCO5)CC3)C(N)=O)[nH]c2c1. The second-order valence-electron chi connectivity index (χ2n) is 8.98. The number of nitrogens with two attached hydrogens (primary N) is 1. The first kappa shape index (κ1) is 22.1. The van der Waals surface area contributed by atoms with Gasteiger partial charge in [-0.15, -0.1) is 0 Å². The summed E-state index contributed by atoms with van der Waals surface area (Å²) in [7, 11) is 0. The number of ether oxygens (including phenoxy) is 1. The van der Waals surface area contributed by atoms with Crippen molar-refractivity contribution in [2.24, 2.45) is 5.73 Å². The number of H-pyrrole nitrogens is 1. The summed E-state index contributed by atoms with van der Waals surface area (Å²) in [6.07, 6.45) is 2.87. The molecule has 34 heavy (non-hydrogen) atoms. The van der Waals surface area contributed by atoms with Gasteiger partial charge in [-0.1, -0.05) is 6.07 Å². The number of nitriles is 1. The zero-order valence-electron chi connectivity index (χ0n) is 19.3. The standard InChI is InChI=1S/C26H30N6O2/c27-18-19-3-4-20-17-25(29-23(20)15-19)32(26(28)33)9-2-1-8-30-10-12-31(13-11-30)22-5-6-24-21(16-22)7-14-34-24/h3-6,15-17,29H,1-2,7-14H2,(H2,28,33). The van der Waals surface area contributed by atoms with Crippen molar-refractivity contribution in [3.8, 4) is 11.8 Å². The smallest absolute Gasteiger partial charge is 0.320 e. The van der Waals surface area contributed by atoms with Crippen LogP contribution in [0.2, 0.25) is 0 Å². The summed E-state index contributed by atoms with van der Waals surface area (Å²) in [5.74, 6) is 1.71. The Kier molecular flexibility index (Phi) is 6.28. The number of anilines is 2. The van der Waals surface area contributed by atoms with Crippen LogP contribution in [0, 0.1) is 11.3 Å². The lowest BCUT2D eigenvalue weighted by Gasteiger charge is -2.36. The quantitative estimate of drug-likeness (QED) is 0.528. The molecule has 0 atom stereocenters. The molecule has 3 aromatic rings. The minimum Gasteiger partial charge on any atom is -0.493 e. The number of unbranched alkanes of at least 4 members (excludes halogenated alkanes) is 1. The van der Waals surface area contributed by atoms with Gasteiger partial charge in [-0.3, -0.25) is 9.80 Å². The predicted octanol–water partition coefficient (Wildman–Crippen LogP) is 3.46. The summed E-state index contributed by atoms with van der Waals surface area (Å²) < 4.78 is 5.62. The second-order valence-corrected chi connectivity index (χ2v) is 8.98. The molecule has 3 N–H and O–H groups in total. The van der Waals surface area contributed by atoms with Crippen LogP contribution in [-0.4, -0.2) is 61.8 Å². The van der Waals surface area contributed by atoms with E-state index in [0.717, 1.165) is 75.2 Å². The summed E-state index contributed by atoms with van der Waals surface area (Å²) >= 11 is 0. The number of piperazine rings is 1. The number of nitrogens with one attached hydrogen (secondary N) is 1. The average molecular weight is 459 g/mol. The maximum atomic E-state index is 12.1. The number of carbonyl (C=O) groups is 1. The lowest BCUT2D eigenvalue weighted by atomic mass is 10.1. The first-order valence-corrected chi connectivity index (χ1v) is 11.9. The van der Waals surface area contributed by atoms with Gasteiger partial charge in [0.2, 0.25) is 0 Å². The molecule has 176 valence electrons. The van der Waals surface area contributed by atoms with Crippen molar-refractivity contribution in [2.45, 2.75) is 19.3 Å². The van der Waals surface area contributed by atoms with Gasteiger partial charge in [-0.2, -0.15) is 5.26 Å². The molecule has 0 bridgehead atoms. The molecule has 2 aromatic carbocycles. The van der Waals surface area contributed by atoms with E-state index in [1.165, 1.54) is 11.3 Å². The lowest BCUT2D eigenvalue weighted by molar-refractivity contribution is 0.249. The van der Waals surface area contributed by atoms with Crippen LogP contribution in [0.3, 0.4) is 0 Å². The third-order valence-corrected chi connectivity index (χ3v) is 6.81. The predicted molar refractivity (Wildman–Crippen MR) is 133 cm³/mol. The fraction of sp³-hybridized carbons (Fsp3) is 0.385. The molecule has 2 aliphatic rings. The number of rotatable bonds is 7. The van der Waals surface area contributed by atoms with Crippen molar-refractivity contribution in [3.05, 3.63) is 53.6 Å². The Morgan fingerprint density at radius 3 is 2.76 bits per heavy atom. The van der Waals surface area contributed by atoms with Crippen molar-refractivity contribution < 1.29 is 9.53 Å². The Hall–Kier alpha value is -3.70. The number of urea groups is 1. The van der Waals surface area contributed by atoms with Crippen molar-refractivity contribution in [3.63, 3.8) is 0 Å². The average Bonchev–Trinajstić information content (AvgIpc) is 3.49. The minimum atomic E-state index is -0.472. The Balaban J connectivity index is 1.10. The van der Waals surface area contributed by atoms with Crippen molar-refractivity contribution in [2.75, 3.05) is 55.7 Å². The first-order chi connectivity index (χ1) is 16.6. The molecule has 0 aliphatic carbocycles. The number of primary amides is 1. The maximum absolute atomic E-state index is 12.1. The highest BCUT2D eigenvalue weighted by Crippen LogP contribution is 2.30. The number of aromatic amines is 1. The summed E-state index contributed by atoms with van der Waals surface area (Å²) in [5, 5.41) is 10.1. The van der Waals surface area contributed by atoms with Gasteiger partial charge in [0.1, 0.15) is 11.6 Å². The Morgan fingerprint density at radius 1 is 1.12 bits per heavy atom. The van der Waals surface area contributed by atoms with Gasteiger partial charge in [0.15, 0.2) is 0 Å². The molecule has 3 heterocycles. The van der Waals surface area contributed by atoms with Crippen LogP contribution < -0.4 is 20.3 Å². The second kappa shape index (κ2) is 9.65. The van der Waals surface area contributed by atoms with E-state index in [9.17, 15) is 4.79 Å². The monoisotopic (exact) mass is 458 g/mol. The molecule has 8 heteroatoms. The van der Waals surface area contributed by atoms with E-state index >= 15 is 0 Å².